The van der Waals surface area contributed by atoms with Crippen molar-refractivity contribution in [1.82, 2.24) is 14.8 Å². The summed E-state index contributed by atoms with van der Waals surface area (Å²) in [7, 11) is 1.84. The zero-order valence-electron chi connectivity index (χ0n) is 17.2. The third-order valence-electron chi connectivity index (χ3n) is 5.67. The predicted molar refractivity (Wildman–Crippen MR) is 113 cm³/mol. The Balaban J connectivity index is 1.54. The number of nitrogens with zero attached hydrogens (tertiary/aromatic N) is 2. The van der Waals surface area contributed by atoms with Gasteiger partial charge in [-0.3, -0.25) is 9.59 Å². The van der Waals surface area contributed by atoms with Crippen LogP contribution in [0, 0.1) is 19.8 Å². The van der Waals surface area contributed by atoms with Crippen molar-refractivity contribution in [3.05, 3.63) is 69.1 Å². The van der Waals surface area contributed by atoms with Crippen LogP contribution in [0.3, 0.4) is 0 Å². The number of aryl methyl sites for hydroxylation is 2. The number of nitrogens with one attached hydrogen (secondary N) is 1. The number of piperidine rings is 1. The van der Waals surface area contributed by atoms with Gasteiger partial charge in [0.1, 0.15) is 0 Å². The summed E-state index contributed by atoms with van der Waals surface area (Å²) in [6.07, 6.45) is 3.39. The zero-order valence-corrected chi connectivity index (χ0v) is 17.2. The summed E-state index contributed by atoms with van der Waals surface area (Å²) in [6, 6.07) is 11.7. The maximum atomic E-state index is 12.7. The average molecular weight is 382 g/mol. The second-order valence-electron chi connectivity index (χ2n) is 8.09. The lowest BCUT2D eigenvalue weighted by atomic mass is 9.96. The molecule has 2 aromatic rings. The standard InChI is InChI=1S/C23H31N3O2/c1-17-7-4-5-9-20(17)10-12-26-11-6-8-19(16-26)15-25(3)23(28)21-13-18(2)24-22(27)14-21/h4-5,7,9,13-14,19H,6,8,10-12,15-16H2,1-3H3,(H,24,27)/t19-/m0/s1. The van der Waals surface area contributed by atoms with E-state index in [4.69, 9.17) is 0 Å². The van der Waals surface area contributed by atoms with Gasteiger partial charge in [-0.05, 0) is 62.8 Å². The van der Waals surface area contributed by atoms with Crippen LogP contribution in [-0.2, 0) is 6.42 Å². The summed E-state index contributed by atoms with van der Waals surface area (Å²) >= 11 is 0. The number of hydrogen-bond donors (Lipinski definition) is 1. The molecule has 0 saturated carbocycles. The highest BCUT2D eigenvalue weighted by Gasteiger charge is 2.23. The summed E-state index contributed by atoms with van der Waals surface area (Å²) in [5.41, 5.74) is 3.73. The summed E-state index contributed by atoms with van der Waals surface area (Å²) in [6.45, 7) is 7.92. The van der Waals surface area contributed by atoms with E-state index in [1.165, 1.54) is 23.6 Å². The van der Waals surface area contributed by atoms with E-state index < -0.39 is 0 Å². The minimum Gasteiger partial charge on any atom is -0.341 e. The van der Waals surface area contributed by atoms with Gasteiger partial charge in [0.15, 0.2) is 0 Å². The molecule has 1 saturated heterocycles. The molecule has 5 heteroatoms. The number of H-pyrrole nitrogens is 1. The molecule has 1 aliphatic heterocycles. The number of rotatable bonds is 6. The molecule has 150 valence electrons. The molecule has 1 N–H and O–H groups in total. The number of benzene rings is 1. The fraction of sp³-hybridized carbons (Fsp3) is 0.478. The molecule has 0 radical (unpaired) electrons. The van der Waals surface area contributed by atoms with Crippen LogP contribution in [0.5, 0.6) is 0 Å². The molecule has 1 aromatic carbocycles. The van der Waals surface area contributed by atoms with Crippen molar-refractivity contribution in [3.63, 3.8) is 0 Å². The highest BCUT2D eigenvalue weighted by Crippen LogP contribution is 2.19. The largest absolute Gasteiger partial charge is 0.341 e. The van der Waals surface area contributed by atoms with E-state index in [0.717, 1.165) is 39.0 Å². The van der Waals surface area contributed by atoms with E-state index in [1.54, 1.807) is 17.9 Å². The molecular formula is C23H31N3O2. The fourth-order valence-corrected chi connectivity index (χ4v) is 4.17. The van der Waals surface area contributed by atoms with Crippen LogP contribution >= 0.6 is 0 Å². The van der Waals surface area contributed by atoms with Crippen molar-refractivity contribution in [3.8, 4) is 0 Å². The molecule has 3 rings (SSSR count). The van der Waals surface area contributed by atoms with Crippen LogP contribution < -0.4 is 5.56 Å². The Kier molecular flexibility index (Phi) is 6.68. The zero-order chi connectivity index (χ0) is 20.1. The third-order valence-corrected chi connectivity index (χ3v) is 5.67. The fourth-order valence-electron chi connectivity index (χ4n) is 4.17. The van der Waals surface area contributed by atoms with E-state index in [-0.39, 0.29) is 11.5 Å². The van der Waals surface area contributed by atoms with Crippen molar-refractivity contribution in [1.29, 1.82) is 0 Å². The number of aromatic amines is 1. The molecule has 0 spiro atoms. The van der Waals surface area contributed by atoms with Crippen LogP contribution in [-0.4, -0.2) is 53.9 Å². The first kappa shape index (κ1) is 20.3. The number of likely N-dealkylation sites (tertiary alicyclic amines) is 1. The predicted octanol–water partition coefficient (Wildman–Crippen LogP) is 3.02. The lowest BCUT2D eigenvalue weighted by Gasteiger charge is -2.35. The van der Waals surface area contributed by atoms with Gasteiger partial charge in [-0.2, -0.15) is 0 Å². The van der Waals surface area contributed by atoms with Gasteiger partial charge in [-0.1, -0.05) is 24.3 Å². The lowest BCUT2D eigenvalue weighted by Crippen LogP contribution is -2.42. The Morgan fingerprint density at radius 2 is 2.04 bits per heavy atom. The monoisotopic (exact) mass is 381 g/mol. The molecule has 0 unspecified atom stereocenters. The first-order valence-corrected chi connectivity index (χ1v) is 10.2. The van der Waals surface area contributed by atoms with Gasteiger partial charge in [0.25, 0.3) is 5.91 Å². The van der Waals surface area contributed by atoms with Crippen LogP contribution in [0.25, 0.3) is 0 Å². The Hall–Kier alpha value is -2.40. The van der Waals surface area contributed by atoms with Crippen LogP contribution in [0.1, 0.15) is 40.0 Å². The quantitative estimate of drug-likeness (QED) is 0.837. The molecule has 1 amide bonds. The Morgan fingerprint density at radius 3 is 2.79 bits per heavy atom. The summed E-state index contributed by atoms with van der Waals surface area (Å²) in [4.78, 5) is 31.3. The summed E-state index contributed by atoms with van der Waals surface area (Å²) in [5, 5.41) is 0. The van der Waals surface area contributed by atoms with E-state index in [2.05, 4.69) is 41.1 Å². The number of carbonyl (C=O) groups is 1. The maximum Gasteiger partial charge on any atom is 0.253 e. The first-order valence-electron chi connectivity index (χ1n) is 10.2. The van der Waals surface area contributed by atoms with E-state index >= 15 is 0 Å². The minimum absolute atomic E-state index is 0.0776. The second kappa shape index (κ2) is 9.20. The molecule has 1 fully saturated rings. The van der Waals surface area contributed by atoms with Gasteiger partial charge >= 0.3 is 0 Å². The molecular weight excluding hydrogens is 350 g/mol. The first-order chi connectivity index (χ1) is 13.4. The van der Waals surface area contributed by atoms with E-state index in [0.29, 0.717) is 17.2 Å². The van der Waals surface area contributed by atoms with Gasteiger partial charge in [0, 0.05) is 44.0 Å². The highest BCUT2D eigenvalue weighted by atomic mass is 16.2. The second-order valence-corrected chi connectivity index (χ2v) is 8.09. The van der Waals surface area contributed by atoms with E-state index in [9.17, 15) is 9.59 Å². The SMILES string of the molecule is Cc1cc(C(=O)N(C)C[C@@H]2CCCN(CCc3ccccc3C)C2)cc(=O)[nH]1. The molecule has 1 aliphatic rings. The van der Waals surface area contributed by atoms with Crippen LogP contribution in [0.15, 0.2) is 41.2 Å². The smallest absolute Gasteiger partial charge is 0.253 e. The van der Waals surface area contributed by atoms with Gasteiger partial charge in [-0.25, -0.2) is 0 Å². The Labute approximate surface area is 167 Å². The topological polar surface area (TPSA) is 56.4 Å². The van der Waals surface area contributed by atoms with Crippen molar-refractivity contribution in [2.45, 2.75) is 33.1 Å². The number of amides is 1. The lowest BCUT2D eigenvalue weighted by molar-refractivity contribution is 0.0730. The van der Waals surface area contributed by atoms with Gasteiger partial charge in [0.2, 0.25) is 5.56 Å². The highest BCUT2D eigenvalue weighted by molar-refractivity contribution is 5.94. The van der Waals surface area contributed by atoms with Gasteiger partial charge < -0.3 is 14.8 Å². The Bertz CT molecular complexity index is 874. The van der Waals surface area contributed by atoms with Crippen molar-refractivity contribution in [2.75, 3.05) is 33.2 Å². The van der Waals surface area contributed by atoms with Gasteiger partial charge in [-0.15, -0.1) is 0 Å². The average Bonchev–Trinajstić information content (AvgIpc) is 2.66. The number of pyridine rings is 1. The van der Waals surface area contributed by atoms with Crippen molar-refractivity contribution in [2.24, 2.45) is 5.92 Å². The molecule has 1 atom stereocenters. The molecule has 0 aliphatic carbocycles. The number of aromatic nitrogens is 1. The Morgan fingerprint density at radius 1 is 1.25 bits per heavy atom. The van der Waals surface area contributed by atoms with Crippen molar-refractivity contribution >= 4 is 5.91 Å². The van der Waals surface area contributed by atoms with Crippen molar-refractivity contribution < 1.29 is 4.79 Å². The molecule has 0 bridgehead atoms. The van der Waals surface area contributed by atoms with Crippen LogP contribution in [0.4, 0.5) is 0 Å². The minimum atomic E-state index is -0.225. The maximum absolute atomic E-state index is 12.7. The van der Waals surface area contributed by atoms with E-state index in [1.807, 2.05) is 7.05 Å². The molecule has 28 heavy (non-hydrogen) atoms. The summed E-state index contributed by atoms with van der Waals surface area (Å²) in [5.74, 6) is 0.397. The van der Waals surface area contributed by atoms with Gasteiger partial charge in [0.05, 0.1) is 0 Å². The number of carbonyl (C=O) groups excluding carboxylic acids is 1. The molecule has 2 heterocycles. The summed E-state index contributed by atoms with van der Waals surface area (Å²) < 4.78 is 0. The molecule has 1 aromatic heterocycles. The number of hydrogen-bond acceptors (Lipinski definition) is 3. The molecule has 5 nitrogen and oxygen atoms in total. The normalized spacial score (nSPS) is 17.5. The third kappa shape index (κ3) is 5.32. The van der Waals surface area contributed by atoms with Crippen LogP contribution in [0.2, 0.25) is 0 Å².